The van der Waals surface area contributed by atoms with E-state index in [0.717, 1.165) is 0 Å². The Morgan fingerprint density at radius 2 is 1.48 bits per heavy atom. The van der Waals surface area contributed by atoms with Crippen molar-refractivity contribution in [1.29, 1.82) is 0 Å². The van der Waals surface area contributed by atoms with Crippen molar-refractivity contribution in [3.63, 3.8) is 0 Å². The maximum absolute atomic E-state index is 9.72. The Bertz CT molecular complexity index is 556. The summed E-state index contributed by atoms with van der Waals surface area (Å²) in [7, 11) is 0. The summed E-state index contributed by atoms with van der Waals surface area (Å²) in [4.78, 5) is 0. The fourth-order valence-electron chi connectivity index (χ4n) is 4.60. The maximum atomic E-state index is 9.72. The average molecular weight is 409 g/mol. The second-order valence-corrected chi connectivity index (χ2v) is 7.81. The molecule has 0 aliphatic carbocycles. The van der Waals surface area contributed by atoms with Gasteiger partial charge >= 0.3 is 0 Å². The molecule has 164 valence electrons. The largest absolute Gasteiger partial charge is 0.396 e. The van der Waals surface area contributed by atoms with E-state index < -0.39 is 23.1 Å². The molecule has 2 aliphatic heterocycles. The molecule has 2 aliphatic rings. The van der Waals surface area contributed by atoms with E-state index in [2.05, 4.69) is 26.3 Å². The van der Waals surface area contributed by atoms with Crippen molar-refractivity contribution in [2.24, 2.45) is 5.41 Å². The Morgan fingerprint density at radius 3 is 1.97 bits per heavy atom. The van der Waals surface area contributed by atoms with Gasteiger partial charge in [-0.15, -0.1) is 26.3 Å². The third-order valence-electron chi connectivity index (χ3n) is 5.96. The van der Waals surface area contributed by atoms with E-state index in [1.54, 1.807) is 6.08 Å². The first-order valence-corrected chi connectivity index (χ1v) is 10.3. The minimum atomic E-state index is -1.01. The zero-order valence-electron chi connectivity index (χ0n) is 17.4. The zero-order chi connectivity index (χ0) is 21.4. The third-order valence-corrected chi connectivity index (χ3v) is 5.96. The number of aliphatic hydroxyl groups is 2. The highest BCUT2D eigenvalue weighted by Gasteiger charge is 2.65. The van der Waals surface area contributed by atoms with Gasteiger partial charge in [0, 0.05) is 32.5 Å². The molecule has 6 heteroatoms. The molecule has 2 atom stereocenters. The Labute approximate surface area is 174 Å². The molecule has 2 saturated heterocycles. The summed E-state index contributed by atoms with van der Waals surface area (Å²) in [5.41, 5.74) is -1.37. The van der Waals surface area contributed by atoms with Crippen LogP contribution in [0.15, 0.2) is 50.6 Å². The van der Waals surface area contributed by atoms with Crippen molar-refractivity contribution in [2.45, 2.75) is 62.3 Å². The molecule has 1 spiro atoms. The zero-order valence-corrected chi connectivity index (χ0v) is 17.4. The van der Waals surface area contributed by atoms with Crippen LogP contribution in [0.4, 0.5) is 0 Å². The molecule has 2 N–H and O–H groups in total. The quantitative estimate of drug-likeness (QED) is 0.483. The number of hydrogen-bond acceptors (Lipinski definition) is 6. The van der Waals surface area contributed by atoms with Crippen molar-refractivity contribution < 1.29 is 29.2 Å². The van der Waals surface area contributed by atoms with Gasteiger partial charge in [-0.25, -0.2) is 0 Å². The van der Waals surface area contributed by atoms with Crippen LogP contribution in [0.2, 0.25) is 0 Å². The Hall–Kier alpha value is -1.28. The van der Waals surface area contributed by atoms with Crippen LogP contribution in [-0.2, 0) is 18.9 Å². The summed E-state index contributed by atoms with van der Waals surface area (Å²) in [6.45, 7) is 16.3. The van der Waals surface area contributed by atoms with Crippen LogP contribution >= 0.6 is 0 Å². The van der Waals surface area contributed by atoms with E-state index >= 15 is 0 Å². The number of hydrogen-bond donors (Lipinski definition) is 2. The lowest BCUT2D eigenvalue weighted by Gasteiger charge is -2.62. The monoisotopic (exact) mass is 408 g/mol. The third kappa shape index (κ3) is 4.74. The molecule has 0 aromatic carbocycles. The molecular weight excluding hydrogens is 372 g/mol. The second-order valence-electron chi connectivity index (χ2n) is 7.81. The lowest BCUT2D eigenvalue weighted by molar-refractivity contribution is -0.427. The van der Waals surface area contributed by atoms with Gasteiger partial charge in [-0.1, -0.05) is 24.3 Å². The first-order valence-electron chi connectivity index (χ1n) is 10.3. The van der Waals surface area contributed by atoms with Gasteiger partial charge in [-0.3, -0.25) is 0 Å². The van der Waals surface area contributed by atoms with Crippen LogP contribution < -0.4 is 0 Å². The SMILES string of the molecule is C=CCC1OC(CC=C)(CCO)OC(CC=C)(CC=C)C12COC(CCO)OC2. The van der Waals surface area contributed by atoms with Crippen molar-refractivity contribution in [2.75, 3.05) is 26.4 Å². The van der Waals surface area contributed by atoms with Gasteiger partial charge in [0.15, 0.2) is 12.1 Å². The van der Waals surface area contributed by atoms with E-state index in [1.807, 2.05) is 18.2 Å². The van der Waals surface area contributed by atoms with Crippen molar-refractivity contribution in [3.05, 3.63) is 50.6 Å². The normalized spacial score (nSPS) is 33.9. The highest BCUT2D eigenvalue weighted by atomic mass is 16.7. The van der Waals surface area contributed by atoms with Gasteiger partial charge in [-0.05, 0) is 19.3 Å². The van der Waals surface area contributed by atoms with Gasteiger partial charge in [-0.2, -0.15) is 0 Å². The minimum absolute atomic E-state index is 0.00976. The van der Waals surface area contributed by atoms with Crippen LogP contribution in [0.5, 0.6) is 0 Å². The minimum Gasteiger partial charge on any atom is -0.396 e. The average Bonchev–Trinajstić information content (AvgIpc) is 2.69. The summed E-state index contributed by atoms with van der Waals surface area (Å²) < 4.78 is 25.3. The van der Waals surface area contributed by atoms with Crippen LogP contribution in [0.25, 0.3) is 0 Å². The molecule has 0 saturated carbocycles. The van der Waals surface area contributed by atoms with E-state index in [9.17, 15) is 10.2 Å². The summed E-state index contributed by atoms with van der Waals surface area (Å²) in [6.07, 6.45) is 9.26. The van der Waals surface area contributed by atoms with Crippen LogP contribution in [0.1, 0.15) is 38.5 Å². The van der Waals surface area contributed by atoms with Crippen molar-refractivity contribution >= 4 is 0 Å². The first-order chi connectivity index (χ1) is 14.0. The molecule has 0 aromatic rings. The molecule has 29 heavy (non-hydrogen) atoms. The molecule has 0 amide bonds. The van der Waals surface area contributed by atoms with E-state index in [-0.39, 0.29) is 19.3 Å². The summed E-state index contributed by atoms with van der Waals surface area (Å²) >= 11 is 0. The van der Waals surface area contributed by atoms with Crippen molar-refractivity contribution in [3.8, 4) is 0 Å². The van der Waals surface area contributed by atoms with E-state index in [0.29, 0.717) is 51.7 Å². The van der Waals surface area contributed by atoms with Crippen LogP contribution in [-0.4, -0.2) is 60.4 Å². The Balaban J connectivity index is 2.54. The highest BCUT2D eigenvalue weighted by Crippen LogP contribution is 2.55. The molecule has 0 radical (unpaired) electrons. The first kappa shape index (κ1) is 24.0. The maximum Gasteiger partial charge on any atom is 0.175 e. The number of aliphatic hydroxyl groups excluding tert-OH is 2. The molecule has 2 rings (SSSR count). The molecule has 2 fully saturated rings. The summed E-state index contributed by atoms with van der Waals surface area (Å²) in [6, 6.07) is 0. The Kier molecular flexibility index (Phi) is 8.82. The number of ether oxygens (including phenoxy) is 4. The van der Waals surface area contributed by atoms with Gasteiger partial charge in [0.05, 0.1) is 30.3 Å². The highest BCUT2D eigenvalue weighted by molar-refractivity contribution is 5.15. The molecule has 0 bridgehead atoms. The topological polar surface area (TPSA) is 77.4 Å². The van der Waals surface area contributed by atoms with Gasteiger partial charge in [0.2, 0.25) is 0 Å². The molecule has 6 nitrogen and oxygen atoms in total. The lowest BCUT2D eigenvalue weighted by Crippen LogP contribution is -2.71. The number of rotatable bonds is 12. The van der Waals surface area contributed by atoms with E-state index in [4.69, 9.17) is 18.9 Å². The van der Waals surface area contributed by atoms with Crippen molar-refractivity contribution in [1.82, 2.24) is 0 Å². The lowest BCUT2D eigenvalue weighted by atomic mass is 9.63. The Morgan fingerprint density at radius 1 is 0.862 bits per heavy atom. The predicted molar refractivity (Wildman–Crippen MR) is 112 cm³/mol. The molecule has 2 unspecified atom stereocenters. The fourth-order valence-corrected chi connectivity index (χ4v) is 4.60. The van der Waals surface area contributed by atoms with E-state index in [1.165, 1.54) is 0 Å². The molecule has 0 aromatic heterocycles. The summed E-state index contributed by atoms with van der Waals surface area (Å²) in [5.74, 6) is -1.01. The van der Waals surface area contributed by atoms with Crippen LogP contribution in [0, 0.1) is 5.41 Å². The van der Waals surface area contributed by atoms with Gasteiger partial charge < -0.3 is 29.2 Å². The molecular formula is C23H36O6. The predicted octanol–water partition coefficient (Wildman–Crippen LogP) is 3.27. The smallest absolute Gasteiger partial charge is 0.175 e. The van der Waals surface area contributed by atoms with Gasteiger partial charge in [0.1, 0.15) is 0 Å². The fraction of sp³-hybridized carbons (Fsp3) is 0.652. The van der Waals surface area contributed by atoms with Gasteiger partial charge in [0.25, 0.3) is 0 Å². The summed E-state index contributed by atoms with van der Waals surface area (Å²) in [5, 5.41) is 19.0. The molecule has 2 heterocycles. The standard InChI is InChI=1S/C23H36O6/c1-5-9-19-21(17-26-20(10-15-24)27-18-21)22(11-6-2,12-7-3)29-23(28-19,13-8-4)14-16-25/h5-8,19-20,24-25H,1-4,9-18H2. The van der Waals surface area contributed by atoms with Crippen LogP contribution in [0.3, 0.4) is 0 Å². The second kappa shape index (κ2) is 10.7.